The molecule has 2 aromatic carbocycles. The van der Waals surface area contributed by atoms with E-state index in [0.717, 1.165) is 16.9 Å². The Kier molecular flexibility index (Phi) is 3.90. The highest BCUT2D eigenvalue weighted by molar-refractivity contribution is 6.30. The zero-order valence-corrected chi connectivity index (χ0v) is 11.2. The van der Waals surface area contributed by atoms with E-state index in [1.165, 1.54) is 5.56 Å². The molecule has 2 rings (SSSR count). The molecule has 0 aliphatic rings. The quantitative estimate of drug-likeness (QED) is 0.914. The molecule has 1 unspecified atom stereocenters. The van der Waals surface area contributed by atoms with Gasteiger partial charge >= 0.3 is 0 Å². The van der Waals surface area contributed by atoms with E-state index >= 15 is 0 Å². The number of methoxy groups -OCH3 is 1. The zero-order chi connectivity index (χ0) is 13.1. The van der Waals surface area contributed by atoms with Crippen LogP contribution in [0.3, 0.4) is 0 Å². The van der Waals surface area contributed by atoms with Crippen LogP contribution in [0, 0.1) is 6.92 Å². The van der Waals surface area contributed by atoms with Crippen LogP contribution in [-0.2, 0) is 0 Å². The summed E-state index contributed by atoms with van der Waals surface area (Å²) in [6.45, 7) is 2.05. The lowest BCUT2D eigenvalue weighted by Crippen LogP contribution is -2.13. The second-order valence-electron chi connectivity index (χ2n) is 4.27. The van der Waals surface area contributed by atoms with Crippen LogP contribution in [0.4, 0.5) is 0 Å². The normalized spacial score (nSPS) is 12.2. The van der Waals surface area contributed by atoms with Gasteiger partial charge in [-0.3, -0.25) is 0 Å². The summed E-state index contributed by atoms with van der Waals surface area (Å²) in [5.41, 5.74) is 9.48. The Labute approximate surface area is 112 Å². The zero-order valence-electron chi connectivity index (χ0n) is 10.5. The molecule has 0 bridgehead atoms. The first-order chi connectivity index (χ1) is 8.61. The maximum Gasteiger partial charge on any atom is 0.125 e. The van der Waals surface area contributed by atoms with Gasteiger partial charge in [0.25, 0.3) is 0 Å². The van der Waals surface area contributed by atoms with E-state index in [9.17, 15) is 0 Å². The fraction of sp³-hybridized carbons (Fsp3) is 0.200. The van der Waals surface area contributed by atoms with Crippen molar-refractivity contribution in [2.75, 3.05) is 7.11 Å². The molecule has 94 valence electrons. The molecule has 3 heteroatoms. The molecule has 0 fully saturated rings. The number of aryl methyl sites for hydroxylation is 1. The fourth-order valence-electron chi connectivity index (χ4n) is 1.90. The summed E-state index contributed by atoms with van der Waals surface area (Å²) in [6, 6.07) is 13.5. The number of benzene rings is 2. The van der Waals surface area contributed by atoms with Crippen molar-refractivity contribution in [1.82, 2.24) is 0 Å². The molecule has 2 N–H and O–H groups in total. The third kappa shape index (κ3) is 2.66. The molecule has 2 aromatic rings. The molecule has 0 saturated carbocycles. The van der Waals surface area contributed by atoms with E-state index < -0.39 is 0 Å². The molecule has 0 aromatic heterocycles. The topological polar surface area (TPSA) is 35.2 Å². The Hall–Kier alpha value is -1.51. The van der Waals surface area contributed by atoms with E-state index in [4.69, 9.17) is 22.1 Å². The van der Waals surface area contributed by atoms with Crippen LogP contribution in [0.2, 0.25) is 5.02 Å². The third-order valence-corrected chi connectivity index (χ3v) is 3.20. The standard InChI is InChI=1S/C15H16ClNO/c1-10-3-5-11(6-4-10)15(17)13-8-7-12(16)9-14(13)18-2/h3-9,15H,17H2,1-2H3. The predicted molar refractivity (Wildman–Crippen MR) is 75.2 cm³/mol. The monoisotopic (exact) mass is 261 g/mol. The molecule has 0 aliphatic carbocycles. The minimum absolute atomic E-state index is 0.210. The van der Waals surface area contributed by atoms with Crippen LogP contribution < -0.4 is 10.5 Å². The highest BCUT2D eigenvalue weighted by atomic mass is 35.5. The van der Waals surface area contributed by atoms with E-state index in [1.807, 2.05) is 24.3 Å². The van der Waals surface area contributed by atoms with Crippen LogP contribution >= 0.6 is 11.6 Å². The maximum atomic E-state index is 6.27. The Bertz CT molecular complexity index is 537. The first-order valence-corrected chi connectivity index (χ1v) is 6.15. The van der Waals surface area contributed by atoms with Gasteiger partial charge < -0.3 is 10.5 Å². The smallest absolute Gasteiger partial charge is 0.125 e. The molecule has 0 heterocycles. The summed E-state index contributed by atoms with van der Waals surface area (Å²) >= 11 is 5.95. The number of nitrogens with two attached hydrogens (primary N) is 1. The highest BCUT2D eigenvalue weighted by Crippen LogP contribution is 2.30. The van der Waals surface area contributed by atoms with Crippen LogP contribution in [0.15, 0.2) is 42.5 Å². The lowest BCUT2D eigenvalue weighted by Gasteiger charge is -2.16. The van der Waals surface area contributed by atoms with Gasteiger partial charge in [0.2, 0.25) is 0 Å². The predicted octanol–water partition coefficient (Wildman–Crippen LogP) is 3.71. The average Bonchev–Trinajstić information content (AvgIpc) is 2.38. The fourth-order valence-corrected chi connectivity index (χ4v) is 2.06. The van der Waals surface area contributed by atoms with Gasteiger partial charge in [0.05, 0.1) is 13.2 Å². The van der Waals surface area contributed by atoms with Gasteiger partial charge in [-0.1, -0.05) is 47.5 Å². The van der Waals surface area contributed by atoms with Crippen LogP contribution in [0.25, 0.3) is 0 Å². The number of hydrogen-bond donors (Lipinski definition) is 1. The molecule has 1 atom stereocenters. The molecule has 18 heavy (non-hydrogen) atoms. The minimum Gasteiger partial charge on any atom is -0.496 e. The number of halogens is 1. The van der Waals surface area contributed by atoms with Crippen LogP contribution in [0.5, 0.6) is 5.75 Å². The van der Waals surface area contributed by atoms with Gasteiger partial charge in [0.15, 0.2) is 0 Å². The molecule has 0 saturated heterocycles. The summed E-state index contributed by atoms with van der Waals surface area (Å²) in [5, 5.41) is 0.645. The van der Waals surface area contributed by atoms with E-state index in [-0.39, 0.29) is 6.04 Å². The lowest BCUT2D eigenvalue weighted by molar-refractivity contribution is 0.408. The van der Waals surface area contributed by atoms with Crippen molar-refractivity contribution < 1.29 is 4.74 Å². The Balaban J connectivity index is 2.39. The van der Waals surface area contributed by atoms with Crippen molar-refractivity contribution in [2.24, 2.45) is 5.73 Å². The minimum atomic E-state index is -0.210. The number of rotatable bonds is 3. The van der Waals surface area contributed by atoms with Gasteiger partial charge in [0, 0.05) is 10.6 Å². The molecular weight excluding hydrogens is 246 g/mol. The summed E-state index contributed by atoms with van der Waals surface area (Å²) in [7, 11) is 1.62. The van der Waals surface area contributed by atoms with E-state index in [0.29, 0.717) is 5.02 Å². The largest absolute Gasteiger partial charge is 0.496 e. The second kappa shape index (κ2) is 5.42. The van der Waals surface area contributed by atoms with Crippen molar-refractivity contribution in [3.8, 4) is 5.75 Å². The highest BCUT2D eigenvalue weighted by Gasteiger charge is 2.14. The van der Waals surface area contributed by atoms with Gasteiger partial charge in [-0.2, -0.15) is 0 Å². The van der Waals surface area contributed by atoms with Crippen molar-refractivity contribution >= 4 is 11.6 Å². The second-order valence-corrected chi connectivity index (χ2v) is 4.71. The lowest BCUT2D eigenvalue weighted by atomic mass is 9.98. The first-order valence-electron chi connectivity index (χ1n) is 5.77. The van der Waals surface area contributed by atoms with Gasteiger partial charge in [-0.25, -0.2) is 0 Å². The van der Waals surface area contributed by atoms with Crippen molar-refractivity contribution in [3.63, 3.8) is 0 Å². The Morgan fingerprint density at radius 1 is 1.11 bits per heavy atom. The Morgan fingerprint density at radius 2 is 1.78 bits per heavy atom. The first kappa shape index (κ1) is 12.9. The molecule has 2 nitrogen and oxygen atoms in total. The van der Waals surface area contributed by atoms with Crippen molar-refractivity contribution in [1.29, 1.82) is 0 Å². The summed E-state index contributed by atoms with van der Waals surface area (Å²) in [5.74, 6) is 0.718. The van der Waals surface area contributed by atoms with E-state index in [1.54, 1.807) is 13.2 Å². The van der Waals surface area contributed by atoms with Crippen molar-refractivity contribution in [3.05, 3.63) is 64.2 Å². The van der Waals surface area contributed by atoms with Crippen LogP contribution in [0.1, 0.15) is 22.7 Å². The molecule has 0 aliphatic heterocycles. The molecule has 0 spiro atoms. The van der Waals surface area contributed by atoms with Crippen LogP contribution in [-0.4, -0.2) is 7.11 Å². The molecule has 0 radical (unpaired) electrons. The maximum absolute atomic E-state index is 6.27. The number of hydrogen-bond acceptors (Lipinski definition) is 2. The van der Waals surface area contributed by atoms with Gasteiger partial charge in [-0.05, 0) is 24.6 Å². The molecule has 0 amide bonds. The summed E-state index contributed by atoms with van der Waals surface area (Å²) in [4.78, 5) is 0. The van der Waals surface area contributed by atoms with Crippen molar-refractivity contribution in [2.45, 2.75) is 13.0 Å². The third-order valence-electron chi connectivity index (χ3n) is 2.97. The summed E-state index contributed by atoms with van der Waals surface area (Å²) < 4.78 is 5.33. The van der Waals surface area contributed by atoms with E-state index in [2.05, 4.69) is 19.1 Å². The Morgan fingerprint density at radius 3 is 2.39 bits per heavy atom. The molecular formula is C15H16ClNO. The SMILES string of the molecule is COc1cc(Cl)ccc1C(N)c1ccc(C)cc1. The van der Waals surface area contributed by atoms with Gasteiger partial charge in [-0.15, -0.1) is 0 Å². The summed E-state index contributed by atoms with van der Waals surface area (Å²) in [6.07, 6.45) is 0. The van der Waals surface area contributed by atoms with Gasteiger partial charge in [0.1, 0.15) is 5.75 Å². The average molecular weight is 262 g/mol. The number of ether oxygens (including phenoxy) is 1.